The van der Waals surface area contributed by atoms with Crippen molar-refractivity contribution in [2.45, 2.75) is 96.8 Å². The van der Waals surface area contributed by atoms with Crippen molar-refractivity contribution in [3.05, 3.63) is 29.8 Å². The first-order valence-corrected chi connectivity index (χ1v) is 11.4. The Balaban J connectivity index is 1.90. The fraction of sp³-hybridized carbons (Fsp3) is 0.708. The van der Waals surface area contributed by atoms with Crippen LogP contribution in [-0.2, 0) is 0 Å². The molecule has 0 atom stereocenters. The highest BCUT2D eigenvalue weighted by Crippen LogP contribution is 2.15. The molecule has 2 N–H and O–H groups in total. The largest absolute Gasteiger partial charge is 0.494 e. The smallest absolute Gasteiger partial charge is 0.119 e. The van der Waals surface area contributed by atoms with E-state index in [1.54, 1.807) is 12.1 Å². The SMILES string of the molecule is CCCCCCCCCCCCCCCCOc1ccc(C(CO)=NO)cc1. The Morgan fingerprint density at radius 2 is 1.21 bits per heavy atom. The van der Waals surface area contributed by atoms with Gasteiger partial charge in [0.1, 0.15) is 11.5 Å². The number of aliphatic hydroxyl groups excluding tert-OH is 1. The highest BCUT2D eigenvalue weighted by atomic mass is 16.5. The van der Waals surface area contributed by atoms with Crippen LogP contribution in [0.2, 0.25) is 0 Å². The predicted octanol–water partition coefficient (Wildman–Crippen LogP) is 6.72. The molecule has 0 unspecified atom stereocenters. The van der Waals surface area contributed by atoms with Gasteiger partial charge in [0.15, 0.2) is 0 Å². The van der Waals surface area contributed by atoms with Crippen LogP contribution in [0.15, 0.2) is 29.4 Å². The average molecular weight is 392 g/mol. The van der Waals surface area contributed by atoms with Crippen LogP contribution in [-0.4, -0.2) is 29.2 Å². The van der Waals surface area contributed by atoms with Gasteiger partial charge in [-0.1, -0.05) is 95.6 Å². The summed E-state index contributed by atoms with van der Waals surface area (Å²) in [4.78, 5) is 0. The normalized spacial score (nSPS) is 11.7. The Hall–Kier alpha value is -1.55. The highest BCUT2D eigenvalue weighted by molar-refractivity contribution is 6.01. The van der Waals surface area contributed by atoms with E-state index in [1.807, 2.05) is 12.1 Å². The minimum atomic E-state index is -0.282. The second-order valence-electron chi connectivity index (χ2n) is 7.67. The Bertz CT molecular complexity index is 499. The molecule has 0 aliphatic heterocycles. The first-order valence-electron chi connectivity index (χ1n) is 11.4. The number of ether oxygens (including phenoxy) is 1. The van der Waals surface area contributed by atoms with Gasteiger partial charge in [0, 0.05) is 5.56 Å². The average Bonchev–Trinajstić information content (AvgIpc) is 2.73. The minimum Gasteiger partial charge on any atom is -0.494 e. The molecule has 1 rings (SSSR count). The fourth-order valence-electron chi connectivity index (χ4n) is 3.41. The summed E-state index contributed by atoms with van der Waals surface area (Å²) in [7, 11) is 0. The molecule has 0 spiro atoms. The number of benzene rings is 1. The van der Waals surface area contributed by atoms with Crippen LogP contribution in [0.1, 0.15) is 102 Å². The van der Waals surface area contributed by atoms with Crippen molar-refractivity contribution in [2.24, 2.45) is 5.16 Å². The predicted molar refractivity (Wildman–Crippen MR) is 118 cm³/mol. The van der Waals surface area contributed by atoms with Crippen molar-refractivity contribution in [2.75, 3.05) is 13.2 Å². The topological polar surface area (TPSA) is 62.0 Å². The van der Waals surface area contributed by atoms with E-state index in [2.05, 4.69) is 12.1 Å². The summed E-state index contributed by atoms with van der Waals surface area (Å²) in [6.07, 6.45) is 19.0. The molecule has 0 saturated carbocycles. The van der Waals surface area contributed by atoms with Gasteiger partial charge in [-0.05, 0) is 30.7 Å². The molecule has 1 aromatic rings. The maximum Gasteiger partial charge on any atom is 0.119 e. The molecule has 0 heterocycles. The Morgan fingerprint density at radius 3 is 1.64 bits per heavy atom. The number of aliphatic hydroxyl groups is 1. The summed E-state index contributed by atoms with van der Waals surface area (Å²) in [5, 5.41) is 21.0. The van der Waals surface area contributed by atoms with Gasteiger partial charge in [0.05, 0.1) is 13.2 Å². The fourth-order valence-corrected chi connectivity index (χ4v) is 3.41. The molecular formula is C24H41NO3. The zero-order valence-corrected chi connectivity index (χ0v) is 17.9. The van der Waals surface area contributed by atoms with Gasteiger partial charge in [0.2, 0.25) is 0 Å². The van der Waals surface area contributed by atoms with E-state index in [9.17, 15) is 0 Å². The van der Waals surface area contributed by atoms with E-state index in [-0.39, 0.29) is 12.3 Å². The van der Waals surface area contributed by atoms with Crippen molar-refractivity contribution in [1.29, 1.82) is 0 Å². The van der Waals surface area contributed by atoms with E-state index in [0.29, 0.717) is 5.56 Å². The summed E-state index contributed by atoms with van der Waals surface area (Å²) in [5.74, 6) is 0.814. The van der Waals surface area contributed by atoms with E-state index in [4.69, 9.17) is 15.1 Å². The Kier molecular flexibility index (Phi) is 15.3. The van der Waals surface area contributed by atoms with Crippen molar-refractivity contribution in [3.63, 3.8) is 0 Å². The van der Waals surface area contributed by atoms with Crippen LogP contribution in [0.4, 0.5) is 0 Å². The van der Waals surface area contributed by atoms with E-state index >= 15 is 0 Å². The molecule has 0 radical (unpaired) electrons. The molecule has 28 heavy (non-hydrogen) atoms. The monoisotopic (exact) mass is 391 g/mol. The summed E-state index contributed by atoms with van der Waals surface area (Å²) in [6.45, 7) is 2.73. The molecule has 4 heteroatoms. The summed E-state index contributed by atoms with van der Waals surface area (Å²) in [6, 6.07) is 7.29. The van der Waals surface area contributed by atoms with Gasteiger partial charge in [-0.3, -0.25) is 0 Å². The zero-order chi connectivity index (χ0) is 20.3. The second kappa shape index (κ2) is 17.5. The lowest BCUT2D eigenvalue weighted by Gasteiger charge is -2.07. The molecular weight excluding hydrogens is 350 g/mol. The third-order valence-electron chi connectivity index (χ3n) is 5.22. The second-order valence-corrected chi connectivity index (χ2v) is 7.67. The van der Waals surface area contributed by atoms with Gasteiger partial charge in [0.25, 0.3) is 0 Å². The van der Waals surface area contributed by atoms with Crippen molar-refractivity contribution < 1.29 is 15.1 Å². The number of hydrogen-bond donors (Lipinski definition) is 2. The van der Waals surface area contributed by atoms with E-state index < -0.39 is 0 Å². The first kappa shape index (κ1) is 24.5. The lowest BCUT2D eigenvalue weighted by Crippen LogP contribution is -2.06. The molecule has 4 nitrogen and oxygen atoms in total. The maximum atomic E-state index is 9.08. The molecule has 0 aliphatic rings. The standard InChI is InChI=1S/C24H41NO3/c1-2-3-4-5-6-7-8-9-10-11-12-13-14-15-20-28-23-18-16-22(17-19-23)24(21-26)25-27/h16-19,26-27H,2-15,20-21H2,1H3. The molecule has 1 aromatic carbocycles. The van der Waals surface area contributed by atoms with Crippen LogP contribution < -0.4 is 4.74 Å². The van der Waals surface area contributed by atoms with E-state index in [0.717, 1.165) is 18.8 Å². The summed E-state index contributed by atoms with van der Waals surface area (Å²) >= 11 is 0. The van der Waals surface area contributed by atoms with Crippen molar-refractivity contribution in [3.8, 4) is 5.75 Å². The summed E-state index contributed by atoms with van der Waals surface area (Å²) < 4.78 is 5.75. The number of nitrogens with zero attached hydrogens (tertiary/aromatic N) is 1. The minimum absolute atomic E-state index is 0.263. The van der Waals surface area contributed by atoms with Crippen LogP contribution in [0.5, 0.6) is 5.75 Å². The van der Waals surface area contributed by atoms with Gasteiger partial charge < -0.3 is 15.1 Å². The molecule has 0 amide bonds. The molecule has 0 bridgehead atoms. The molecule has 0 saturated heterocycles. The van der Waals surface area contributed by atoms with Gasteiger partial charge in [-0.15, -0.1) is 0 Å². The summed E-state index contributed by atoms with van der Waals surface area (Å²) in [5.41, 5.74) is 0.965. The van der Waals surface area contributed by atoms with Gasteiger partial charge in [-0.2, -0.15) is 0 Å². The Labute approximate surface area is 172 Å². The number of unbranched alkanes of at least 4 members (excludes halogenated alkanes) is 13. The molecule has 0 aromatic heterocycles. The van der Waals surface area contributed by atoms with Crippen LogP contribution in [0, 0.1) is 0 Å². The molecule has 0 aliphatic carbocycles. The molecule has 160 valence electrons. The van der Waals surface area contributed by atoms with Gasteiger partial charge in [-0.25, -0.2) is 0 Å². The molecule has 0 fully saturated rings. The van der Waals surface area contributed by atoms with E-state index in [1.165, 1.54) is 83.5 Å². The number of oxime groups is 1. The van der Waals surface area contributed by atoms with Crippen molar-refractivity contribution in [1.82, 2.24) is 0 Å². The first-order chi connectivity index (χ1) is 13.8. The lowest BCUT2D eigenvalue weighted by molar-refractivity contribution is 0.302. The van der Waals surface area contributed by atoms with Gasteiger partial charge >= 0.3 is 0 Å². The number of rotatable bonds is 18. The van der Waals surface area contributed by atoms with Crippen molar-refractivity contribution >= 4 is 5.71 Å². The Morgan fingerprint density at radius 1 is 0.750 bits per heavy atom. The maximum absolute atomic E-state index is 9.08. The van der Waals surface area contributed by atoms with Crippen LogP contribution in [0.25, 0.3) is 0 Å². The third kappa shape index (κ3) is 12.0. The van der Waals surface area contributed by atoms with Crippen LogP contribution in [0.3, 0.4) is 0 Å². The third-order valence-corrected chi connectivity index (χ3v) is 5.22. The zero-order valence-electron chi connectivity index (χ0n) is 17.9. The quantitative estimate of drug-likeness (QED) is 0.126. The lowest BCUT2D eigenvalue weighted by atomic mass is 10.0. The van der Waals surface area contributed by atoms with Crippen LogP contribution >= 0.6 is 0 Å². The number of hydrogen-bond acceptors (Lipinski definition) is 4. The highest BCUT2D eigenvalue weighted by Gasteiger charge is 2.03.